The number of aryl methyl sites for hydroxylation is 1. The molecule has 1 atom stereocenters. The smallest absolute Gasteiger partial charge is 0.101 e. The normalized spacial score (nSPS) is 22.4. The van der Waals surface area contributed by atoms with Crippen molar-refractivity contribution < 1.29 is 9.52 Å². The van der Waals surface area contributed by atoms with Gasteiger partial charge in [-0.1, -0.05) is 0 Å². The van der Waals surface area contributed by atoms with Gasteiger partial charge in [-0.25, -0.2) is 0 Å². The van der Waals surface area contributed by atoms with Crippen molar-refractivity contribution in [3.63, 3.8) is 0 Å². The number of nitrogens with two attached hydrogens (primary N) is 1. The molecule has 1 fully saturated rings. The van der Waals surface area contributed by atoms with Gasteiger partial charge in [0.05, 0.1) is 17.9 Å². The van der Waals surface area contributed by atoms with E-state index >= 15 is 0 Å². The SMILES string of the molecule is Cc1cc(C(N)C2(O)CCC2)co1. The van der Waals surface area contributed by atoms with Crippen molar-refractivity contribution in [1.29, 1.82) is 0 Å². The Labute approximate surface area is 77.5 Å². The topological polar surface area (TPSA) is 59.4 Å². The molecule has 0 radical (unpaired) electrons. The van der Waals surface area contributed by atoms with E-state index in [9.17, 15) is 5.11 Å². The average Bonchev–Trinajstić information content (AvgIpc) is 2.46. The summed E-state index contributed by atoms with van der Waals surface area (Å²) in [6, 6.07) is 1.60. The predicted molar refractivity (Wildman–Crippen MR) is 49.2 cm³/mol. The van der Waals surface area contributed by atoms with Gasteiger partial charge >= 0.3 is 0 Å². The van der Waals surface area contributed by atoms with E-state index in [1.165, 1.54) is 0 Å². The van der Waals surface area contributed by atoms with Gasteiger partial charge in [0.2, 0.25) is 0 Å². The van der Waals surface area contributed by atoms with E-state index in [0.29, 0.717) is 0 Å². The first-order valence-electron chi connectivity index (χ1n) is 4.65. The average molecular weight is 181 g/mol. The molecule has 2 rings (SSSR count). The van der Waals surface area contributed by atoms with E-state index in [1.54, 1.807) is 6.26 Å². The Balaban J connectivity index is 2.17. The molecular formula is C10H15NO2. The Morgan fingerprint density at radius 2 is 2.31 bits per heavy atom. The van der Waals surface area contributed by atoms with Crippen LogP contribution in [0.15, 0.2) is 16.7 Å². The molecule has 1 saturated carbocycles. The number of hydrogen-bond acceptors (Lipinski definition) is 3. The van der Waals surface area contributed by atoms with Gasteiger partial charge in [0.15, 0.2) is 0 Å². The van der Waals surface area contributed by atoms with Crippen molar-refractivity contribution in [3.05, 3.63) is 23.7 Å². The van der Waals surface area contributed by atoms with Crippen molar-refractivity contribution in [2.75, 3.05) is 0 Å². The van der Waals surface area contributed by atoms with Crippen LogP contribution >= 0.6 is 0 Å². The highest BCUT2D eigenvalue weighted by atomic mass is 16.3. The molecule has 0 aliphatic heterocycles. The first kappa shape index (κ1) is 8.78. The fraction of sp³-hybridized carbons (Fsp3) is 0.600. The zero-order valence-corrected chi connectivity index (χ0v) is 7.79. The van der Waals surface area contributed by atoms with Crippen LogP contribution in [0.2, 0.25) is 0 Å². The van der Waals surface area contributed by atoms with Crippen LogP contribution in [0.5, 0.6) is 0 Å². The lowest BCUT2D eigenvalue weighted by Gasteiger charge is -2.41. The fourth-order valence-electron chi connectivity index (χ4n) is 1.79. The molecule has 1 aromatic rings. The molecule has 13 heavy (non-hydrogen) atoms. The van der Waals surface area contributed by atoms with Gasteiger partial charge in [-0.05, 0) is 32.3 Å². The third-order valence-electron chi connectivity index (χ3n) is 2.91. The van der Waals surface area contributed by atoms with E-state index in [-0.39, 0.29) is 6.04 Å². The molecule has 1 aliphatic carbocycles. The van der Waals surface area contributed by atoms with Crippen molar-refractivity contribution in [1.82, 2.24) is 0 Å². The Morgan fingerprint density at radius 1 is 1.62 bits per heavy atom. The number of rotatable bonds is 2. The van der Waals surface area contributed by atoms with Crippen LogP contribution in [-0.2, 0) is 0 Å². The molecular weight excluding hydrogens is 166 g/mol. The van der Waals surface area contributed by atoms with E-state index in [0.717, 1.165) is 30.6 Å². The minimum Gasteiger partial charge on any atom is -0.469 e. The van der Waals surface area contributed by atoms with Gasteiger partial charge in [0, 0.05) is 5.56 Å². The van der Waals surface area contributed by atoms with Crippen molar-refractivity contribution in [2.24, 2.45) is 5.73 Å². The predicted octanol–water partition coefficient (Wildman–Crippen LogP) is 1.50. The standard InChI is InChI=1S/C10H15NO2/c1-7-5-8(6-13-7)9(11)10(12)3-2-4-10/h5-6,9,12H,2-4,11H2,1H3. The molecule has 72 valence electrons. The Bertz CT molecular complexity index is 302. The molecule has 1 aromatic heterocycles. The molecule has 3 heteroatoms. The summed E-state index contributed by atoms with van der Waals surface area (Å²) >= 11 is 0. The number of aliphatic hydroxyl groups is 1. The Kier molecular flexibility index (Phi) is 1.93. The van der Waals surface area contributed by atoms with Crippen molar-refractivity contribution in [3.8, 4) is 0 Å². The maximum atomic E-state index is 9.97. The van der Waals surface area contributed by atoms with Crippen LogP contribution in [0.4, 0.5) is 0 Å². The molecule has 3 nitrogen and oxygen atoms in total. The monoisotopic (exact) mass is 181 g/mol. The lowest BCUT2D eigenvalue weighted by Crippen LogP contribution is -2.46. The van der Waals surface area contributed by atoms with Crippen LogP contribution in [0.1, 0.15) is 36.6 Å². The molecule has 3 N–H and O–H groups in total. The Morgan fingerprint density at radius 3 is 2.69 bits per heavy atom. The minimum absolute atomic E-state index is 0.293. The van der Waals surface area contributed by atoms with E-state index in [1.807, 2.05) is 13.0 Å². The van der Waals surface area contributed by atoms with Crippen LogP contribution in [0.25, 0.3) is 0 Å². The molecule has 1 unspecified atom stereocenters. The Hall–Kier alpha value is -0.800. The largest absolute Gasteiger partial charge is 0.469 e. The van der Waals surface area contributed by atoms with Gasteiger partial charge < -0.3 is 15.3 Å². The maximum Gasteiger partial charge on any atom is 0.101 e. The second kappa shape index (κ2) is 2.86. The fourth-order valence-corrected chi connectivity index (χ4v) is 1.79. The van der Waals surface area contributed by atoms with Gasteiger partial charge in [0.1, 0.15) is 5.76 Å². The van der Waals surface area contributed by atoms with Gasteiger partial charge in [-0.3, -0.25) is 0 Å². The van der Waals surface area contributed by atoms with Gasteiger partial charge in [-0.15, -0.1) is 0 Å². The number of furan rings is 1. The second-order valence-corrected chi connectivity index (χ2v) is 3.93. The van der Waals surface area contributed by atoms with E-state index < -0.39 is 5.60 Å². The van der Waals surface area contributed by atoms with Gasteiger partial charge in [-0.2, -0.15) is 0 Å². The molecule has 0 aromatic carbocycles. The van der Waals surface area contributed by atoms with Crippen molar-refractivity contribution >= 4 is 0 Å². The van der Waals surface area contributed by atoms with Crippen LogP contribution < -0.4 is 5.73 Å². The molecule has 1 aliphatic rings. The second-order valence-electron chi connectivity index (χ2n) is 3.93. The zero-order valence-electron chi connectivity index (χ0n) is 7.79. The summed E-state index contributed by atoms with van der Waals surface area (Å²) in [7, 11) is 0. The molecule has 1 heterocycles. The number of hydrogen-bond donors (Lipinski definition) is 2. The minimum atomic E-state index is -0.684. The lowest BCUT2D eigenvalue weighted by atomic mass is 9.73. The summed E-state index contributed by atoms with van der Waals surface area (Å²) in [6.45, 7) is 1.88. The van der Waals surface area contributed by atoms with Gasteiger partial charge in [0.25, 0.3) is 0 Å². The summed E-state index contributed by atoms with van der Waals surface area (Å²) in [5, 5.41) is 9.97. The highest BCUT2D eigenvalue weighted by Gasteiger charge is 2.41. The first-order valence-corrected chi connectivity index (χ1v) is 4.65. The maximum absolute atomic E-state index is 9.97. The summed E-state index contributed by atoms with van der Waals surface area (Å²) < 4.78 is 5.16. The third kappa shape index (κ3) is 1.38. The van der Waals surface area contributed by atoms with Crippen LogP contribution in [0, 0.1) is 6.92 Å². The van der Waals surface area contributed by atoms with Crippen LogP contribution in [-0.4, -0.2) is 10.7 Å². The van der Waals surface area contributed by atoms with E-state index in [2.05, 4.69) is 0 Å². The molecule has 0 saturated heterocycles. The molecule has 0 amide bonds. The van der Waals surface area contributed by atoms with E-state index in [4.69, 9.17) is 10.2 Å². The summed E-state index contributed by atoms with van der Waals surface area (Å²) in [6.07, 6.45) is 4.31. The highest BCUT2D eigenvalue weighted by Crippen LogP contribution is 2.40. The first-order chi connectivity index (χ1) is 6.12. The summed E-state index contributed by atoms with van der Waals surface area (Å²) in [5.41, 5.74) is 6.16. The lowest BCUT2D eigenvalue weighted by molar-refractivity contribution is -0.0560. The third-order valence-corrected chi connectivity index (χ3v) is 2.91. The molecule has 0 bridgehead atoms. The summed E-state index contributed by atoms with van der Waals surface area (Å²) in [5.74, 6) is 0.841. The molecule has 0 spiro atoms. The summed E-state index contributed by atoms with van der Waals surface area (Å²) in [4.78, 5) is 0. The quantitative estimate of drug-likeness (QED) is 0.727. The van der Waals surface area contributed by atoms with Crippen molar-refractivity contribution in [2.45, 2.75) is 37.8 Å². The highest BCUT2D eigenvalue weighted by molar-refractivity contribution is 5.20. The zero-order chi connectivity index (χ0) is 9.47. The van der Waals surface area contributed by atoms with Crippen LogP contribution in [0.3, 0.4) is 0 Å².